The Morgan fingerprint density at radius 1 is 1.02 bits per heavy atom. The molecule has 49 heavy (non-hydrogen) atoms. The maximum absolute atomic E-state index is 13.8. The lowest BCUT2D eigenvalue weighted by atomic mass is 9.71. The average Bonchev–Trinajstić information content (AvgIpc) is 3.66. The van der Waals surface area contributed by atoms with Gasteiger partial charge >= 0.3 is 5.97 Å². The van der Waals surface area contributed by atoms with Crippen LogP contribution in [0, 0.1) is 25.2 Å². The van der Waals surface area contributed by atoms with E-state index >= 15 is 0 Å². The van der Waals surface area contributed by atoms with Gasteiger partial charge in [-0.25, -0.2) is 0 Å². The fourth-order valence-electron chi connectivity index (χ4n) is 8.88. The predicted octanol–water partition coefficient (Wildman–Crippen LogP) is 4.50. The lowest BCUT2D eigenvalue weighted by Gasteiger charge is -2.60. The number of hydrogen-bond donors (Lipinski definition) is 1. The first-order valence-corrected chi connectivity index (χ1v) is 16.8. The van der Waals surface area contributed by atoms with Crippen molar-refractivity contribution in [3.05, 3.63) is 73.2 Å². The summed E-state index contributed by atoms with van der Waals surface area (Å²) < 4.78 is 24.4. The minimum Gasteiger partial charge on any atom is -0.504 e. The van der Waals surface area contributed by atoms with Crippen molar-refractivity contribution in [2.45, 2.75) is 63.8 Å². The molecule has 13 heteroatoms. The number of nitrogens with zero attached hydrogens (tertiary/aromatic N) is 4. The van der Waals surface area contributed by atoms with Gasteiger partial charge < -0.3 is 24.1 Å². The maximum atomic E-state index is 13.8. The Kier molecular flexibility index (Phi) is 7.22. The number of likely N-dealkylation sites (N-methyl/N-ethyl adjacent to an activating group) is 1. The molecule has 0 aliphatic carbocycles. The van der Waals surface area contributed by atoms with E-state index in [0.717, 1.165) is 15.6 Å². The van der Waals surface area contributed by atoms with Crippen molar-refractivity contribution in [2.24, 2.45) is 0 Å². The van der Waals surface area contributed by atoms with Crippen LogP contribution in [0.25, 0.3) is 0 Å². The molecule has 8 rings (SSSR count). The predicted molar refractivity (Wildman–Crippen MR) is 177 cm³/mol. The number of piperazine rings is 1. The quantitative estimate of drug-likeness (QED) is 0.231. The molecule has 5 atom stereocenters. The monoisotopic (exact) mass is 728 g/mol. The Balaban J connectivity index is 1.39. The van der Waals surface area contributed by atoms with Crippen molar-refractivity contribution in [2.75, 3.05) is 27.5 Å². The average molecular weight is 730 g/mol. The summed E-state index contributed by atoms with van der Waals surface area (Å²) in [6.45, 7) is 4.82. The van der Waals surface area contributed by atoms with Gasteiger partial charge in [0.05, 0.1) is 36.4 Å². The smallest absolute Gasteiger partial charge is 0.308 e. The number of esters is 1. The van der Waals surface area contributed by atoms with Gasteiger partial charge in [-0.15, -0.1) is 0 Å². The second kappa shape index (κ2) is 11.2. The van der Waals surface area contributed by atoms with Crippen LogP contribution in [0.5, 0.6) is 28.7 Å². The first-order valence-electron chi connectivity index (χ1n) is 16.0. The zero-order chi connectivity index (χ0) is 34.6. The number of carbonyl (C=O) groups is 3. The molecule has 2 bridgehead atoms. The highest BCUT2D eigenvalue weighted by atomic mass is 79.9. The molecule has 1 fully saturated rings. The van der Waals surface area contributed by atoms with Crippen LogP contribution in [0.15, 0.2) is 28.7 Å². The van der Waals surface area contributed by atoms with E-state index in [1.165, 1.54) is 18.9 Å². The van der Waals surface area contributed by atoms with Crippen LogP contribution in [0.4, 0.5) is 0 Å². The van der Waals surface area contributed by atoms with E-state index in [4.69, 9.17) is 18.9 Å². The second-order valence-electron chi connectivity index (χ2n) is 13.2. The molecule has 1 saturated heterocycles. The van der Waals surface area contributed by atoms with E-state index in [2.05, 4.69) is 31.8 Å². The summed E-state index contributed by atoms with van der Waals surface area (Å²) in [5, 5.41) is 22.8. The van der Waals surface area contributed by atoms with Gasteiger partial charge in [-0.1, -0.05) is 28.1 Å². The number of ether oxygens (including phenoxy) is 4. The summed E-state index contributed by atoms with van der Waals surface area (Å²) in [7, 11) is 3.47. The lowest BCUT2D eigenvalue weighted by Crippen LogP contribution is -2.69. The summed E-state index contributed by atoms with van der Waals surface area (Å²) in [6, 6.07) is 6.55. The van der Waals surface area contributed by atoms with Gasteiger partial charge in [-0.05, 0) is 51.4 Å². The topological polar surface area (TPSA) is 142 Å². The molecule has 3 aromatic carbocycles. The summed E-state index contributed by atoms with van der Waals surface area (Å²) in [5.41, 5.74) is 4.80. The Hall–Kier alpha value is -4.64. The highest BCUT2D eigenvalue weighted by molar-refractivity contribution is 9.10. The van der Waals surface area contributed by atoms with Crippen molar-refractivity contribution in [3.63, 3.8) is 0 Å². The van der Waals surface area contributed by atoms with Gasteiger partial charge in [-0.2, -0.15) is 5.26 Å². The number of imide groups is 1. The molecule has 0 saturated carbocycles. The maximum Gasteiger partial charge on any atom is 0.308 e. The number of rotatable bonds is 4. The highest BCUT2D eigenvalue weighted by Gasteiger charge is 2.58. The third-order valence-electron chi connectivity index (χ3n) is 10.9. The van der Waals surface area contributed by atoms with Crippen LogP contribution < -0.4 is 18.9 Å². The number of methoxy groups -OCH3 is 1. The number of carbonyl (C=O) groups excluding carboxylic acids is 3. The standard InChI is InChI=1S/C36H33BrN4O8/c1-15-28(37)20-10-22-24(12-38)41-23(29(39(22)4)27(20)30(43)32(15)46-5)11-21-26(34-33(47-14-48-34)16(2)31(21)49-17(3)42)25(41)13-40-35(44)18-8-6-7-9-19(18)36(40)45/h6-9,22-25,29,43H,10-11,13-14H2,1-5H3/t22-,23-,24-,25-,29+/m0/s1. The van der Waals surface area contributed by atoms with Crippen LogP contribution in [-0.2, 0) is 17.6 Å². The number of benzene rings is 3. The molecular weight excluding hydrogens is 696 g/mol. The van der Waals surface area contributed by atoms with Crippen LogP contribution in [-0.4, -0.2) is 83.2 Å². The Morgan fingerprint density at radius 3 is 2.31 bits per heavy atom. The minimum atomic E-state index is -0.760. The molecule has 5 aliphatic heterocycles. The largest absolute Gasteiger partial charge is 0.504 e. The van der Waals surface area contributed by atoms with E-state index in [-0.39, 0.29) is 25.1 Å². The number of hydrogen-bond acceptors (Lipinski definition) is 11. The summed E-state index contributed by atoms with van der Waals surface area (Å²) in [5.74, 6) is 0.159. The molecule has 12 nitrogen and oxygen atoms in total. The summed E-state index contributed by atoms with van der Waals surface area (Å²) in [6.07, 6.45) is 0.736. The Labute approximate surface area is 290 Å². The molecule has 0 aromatic heterocycles. The van der Waals surface area contributed by atoms with Gasteiger partial charge in [0.1, 0.15) is 11.8 Å². The molecule has 252 valence electrons. The number of phenols is 1. The van der Waals surface area contributed by atoms with E-state index in [1.54, 1.807) is 31.2 Å². The third-order valence-corrected chi connectivity index (χ3v) is 12.0. The number of halogens is 1. The zero-order valence-corrected chi connectivity index (χ0v) is 29.1. The van der Waals surface area contributed by atoms with Crippen molar-refractivity contribution in [1.82, 2.24) is 14.7 Å². The van der Waals surface area contributed by atoms with Crippen LogP contribution in [0.3, 0.4) is 0 Å². The highest BCUT2D eigenvalue weighted by Crippen LogP contribution is 2.59. The number of fused-ring (bicyclic) bond motifs is 10. The van der Waals surface area contributed by atoms with Crippen molar-refractivity contribution < 1.29 is 38.4 Å². The van der Waals surface area contributed by atoms with Crippen LogP contribution >= 0.6 is 15.9 Å². The van der Waals surface area contributed by atoms with Gasteiger partial charge in [0, 0.05) is 57.8 Å². The number of amides is 2. The fourth-order valence-corrected chi connectivity index (χ4v) is 9.44. The zero-order valence-electron chi connectivity index (χ0n) is 27.5. The van der Waals surface area contributed by atoms with Gasteiger partial charge in [0.15, 0.2) is 23.0 Å². The summed E-state index contributed by atoms with van der Waals surface area (Å²) >= 11 is 3.78. The van der Waals surface area contributed by atoms with Crippen molar-refractivity contribution >= 4 is 33.7 Å². The van der Waals surface area contributed by atoms with E-state index in [1.807, 2.05) is 14.0 Å². The number of aromatic hydroxyl groups is 1. The Bertz CT molecular complexity index is 2020. The number of phenolic OH excluding ortho intramolecular Hbond substituents is 1. The van der Waals surface area contributed by atoms with Crippen LogP contribution in [0.1, 0.15) is 73.1 Å². The molecule has 0 radical (unpaired) electrons. The molecular formula is C36H33BrN4O8. The van der Waals surface area contributed by atoms with E-state index < -0.39 is 42.0 Å². The lowest BCUT2D eigenvalue weighted by molar-refractivity contribution is -0.132. The molecule has 0 spiro atoms. The molecule has 1 N–H and O–H groups in total. The SMILES string of the molecule is COc1c(C)c(Br)c2c(c1O)[C@H]1[C@@H]3Cc4c(OC(C)=O)c(C)c5c(c4[C@H](CN4C(=O)c6ccccc6C4=O)N3[C@@H](C#N)[C@H](C2)N1C)OCO5. The normalized spacial score (nSPS) is 24.9. The first-order chi connectivity index (χ1) is 23.5. The van der Waals surface area contributed by atoms with E-state index in [9.17, 15) is 24.8 Å². The first kappa shape index (κ1) is 31.6. The van der Waals surface area contributed by atoms with Gasteiger partial charge in [0.2, 0.25) is 6.79 Å². The minimum absolute atomic E-state index is 0.0219. The van der Waals surface area contributed by atoms with E-state index in [0.29, 0.717) is 69.2 Å². The Morgan fingerprint density at radius 2 is 1.67 bits per heavy atom. The van der Waals surface area contributed by atoms with Crippen LogP contribution in [0.2, 0.25) is 0 Å². The van der Waals surface area contributed by atoms with Gasteiger partial charge in [-0.3, -0.25) is 29.1 Å². The summed E-state index contributed by atoms with van der Waals surface area (Å²) in [4.78, 5) is 45.7. The van der Waals surface area contributed by atoms with Crippen molar-refractivity contribution in [1.29, 1.82) is 5.26 Å². The molecule has 3 aromatic rings. The third kappa shape index (κ3) is 4.23. The molecule has 2 amide bonds. The van der Waals surface area contributed by atoms with Crippen molar-refractivity contribution in [3.8, 4) is 34.8 Å². The fraction of sp³-hybridized carbons (Fsp3) is 0.389. The molecule has 5 aliphatic rings. The number of nitriles is 1. The second-order valence-corrected chi connectivity index (χ2v) is 14.0. The molecule has 0 unspecified atom stereocenters. The van der Waals surface area contributed by atoms with Gasteiger partial charge in [0.25, 0.3) is 11.8 Å². The molecule has 5 heterocycles.